The largest absolute Gasteiger partial charge is 0.472 e. The Morgan fingerprint density at radius 2 is 2.33 bits per heavy atom. The minimum atomic E-state index is 0.151. The molecule has 0 amide bonds. The summed E-state index contributed by atoms with van der Waals surface area (Å²) in [6.45, 7) is 1.91. The number of aromatic nitrogens is 1. The number of hydrogen-bond acceptors (Lipinski definition) is 4. The summed E-state index contributed by atoms with van der Waals surface area (Å²) in [4.78, 5) is 4.55. The highest BCUT2D eigenvalue weighted by Gasteiger charge is 2.21. The van der Waals surface area contributed by atoms with Gasteiger partial charge in [0.1, 0.15) is 17.7 Å². The highest BCUT2D eigenvalue weighted by Crippen LogP contribution is 2.27. The third kappa shape index (κ3) is 2.19. The molecule has 0 spiro atoms. The van der Waals surface area contributed by atoms with Gasteiger partial charge in [-0.15, -0.1) is 0 Å². The van der Waals surface area contributed by atoms with Crippen LogP contribution in [0.25, 0.3) is 0 Å². The number of nitriles is 1. The van der Waals surface area contributed by atoms with E-state index in [4.69, 9.17) is 4.74 Å². The topological polar surface area (TPSA) is 57.9 Å². The van der Waals surface area contributed by atoms with Gasteiger partial charge >= 0.3 is 0 Å². The Morgan fingerprint density at radius 3 is 3.11 bits per heavy atom. The molecule has 1 N–H and O–H groups in total. The van der Waals surface area contributed by atoms with E-state index in [0.717, 1.165) is 50.9 Å². The fourth-order valence-corrected chi connectivity index (χ4v) is 2.70. The molecule has 0 aromatic carbocycles. The molecule has 2 heterocycles. The van der Waals surface area contributed by atoms with Crippen molar-refractivity contribution in [1.29, 1.82) is 5.26 Å². The minimum Gasteiger partial charge on any atom is -0.472 e. The number of rotatable bonds is 2. The average Bonchev–Trinajstić information content (AvgIpc) is 2.86. The van der Waals surface area contributed by atoms with Crippen LogP contribution in [0.2, 0.25) is 0 Å². The number of nitrogens with zero attached hydrogens (tertiary/aromatic N) is 2. The lowest BCUT2D eigenvalue weighted by molar-refractivity contribution is 0.159. The average molecular weight is 243 g/mol. The molecule has 0 saturated carbocycles. The molecular formula is C14H17N3O. The van der Waals surface area contributed by atoms with Crippen LogP contribution in [0.4, 0.5) is 0 Å². The first-order valence-corrected chi connectivity index (χ1v) is 6.67. The van der Waals surface area contributed by atoms with Crippen LogP contribution in [-0.2, 0) is 12.8 Å². The van der Waals surface area contributed by atoms with Gasteiger partial charge in [0.05, 0.1) is 0 Å². The number of piperidine rings is 1. The van der Waals surface area contributed by atoms with E-state index in [9.17, 15) is 5.26 Å². The number of ether oxygens (including phenoxy) is 1. The monoisotopic (exact) mass is 243 g/mol. The van der Waals surface area contributed by atoms with E-state index in [-0.39, 0.29) is 6.10 Å². The maximum Gasteiger partial charge on any atom is 0.232 e. The van der Waals surface area contributed by atoms with Crippen molar-refractivity contribution in [1.82, 2.24) is 10.3 Å². The summed E-state index contributed by atoms with van der Waals surface area (Å²) in [7, 11) is 0. The second kappa shape index (κ2) is 4.95. The second-order valence-corrected chi connectivity index (χ2v) is 5.00. The molecule has 1 saturated heterocycles. The first kappa shape index (κ1) is 11.5. The molecule has 3 rings (SSSR count). The molecule has 18 heavy (non-hydrogen) atoms. The van der Waals surface area contributed by atoms with Gasteiger partial charge < -0.3 is 10.1 Å². The molecule has 1 aliphatic carbocycles. The van der Waals surface area contributed by atoms with Crippen LogP contribution in [0, 0.1) is 11.3 Å². The normalized spacial score (nSPS) is 22.3. The Labute approximate surface area is 107 Å². The molecule has 1 unspecified atom stereocenters. The molecule has 1 aliphatic heterocycles. The van der Waals surface area contributed by atoms with E-state index in [1.54, 1.807) is 0 Å². The fraction of sp³-hybridized carbons (Fsp3) is 0.571. The van der Waals surface area contributed by atoms with E-state index >= 15 is 0 Å². The fourth-order valence-electron chi connectivity index (χ4n) is 2.70. The summed E-state index contributed by atoms with van der Waals surface area (Å²) in [5.74, 6) is 0.534. The van der Waals surface area contributed by atoms with Crippen molar-refractivity contribution in [3.63, 3.8) is 0 Å². The summed E-state index contributed by atoms with van der Waals surface area (Å²) >= 11 is 0. The standard InChI is InChI=1S/C14H17N3O/c15-8-11-7-10-3-1-5-13(10)17-14(11)18-12-4-2-6-16-9-12/h7,12,16H,1-6,9H2. The lowest BCUT2D eigenvalue weighted by atomic mass is 10.1. The van der Waals surface area contributed by atoms with E-state index in [0.29, 0.717) is 11.4 Å². The van der Waals surface area contributed by atoms with Gasteiger partial charge in [0.2, 0.25) is 5.88 Å². The predicted molar refractivity (Wildman–Crippen MR) is 67.5 cm³/mol. The first-order chi connectivity index (χ1) is 8.86. The third-order valence-electron chi connectivity index (χ3n) is 3.67. The van der Waals surface area contributed by atoms with Crippen molar-refractivity contribution >= 4 is 0 Å². The van der Waals surface area contributed by atoms with Crippen molar-refractivity contribution in [2.75, 3.05) is 13.1 Å². The maximum atomic E-state index is 9.19. The molecule has 94 valence electrons. The summed E-state index contributed by atoms with van der Waals surface area (Å²) in [5.41, 5.74) is 2.93. The van der Waals surface area contributed by atoms with Crippen LogP contribution in [-0.4, -0.2) is 24.2 Å². The van der Waals surface area contributed by atoms with Gasteiger partial charge in [-0.25, -0.2) is 4.98 Å². The highest BCUT2D eigenvalue weighted by molar-refractivity contribution is 5.44. The summed E-state index contributed by atoms with van der Waals surface area (Å²) in [6.07, 6.45) is 5.51. The van der Waals surface area contributed by atoms with E-state index in [1.807, 2.05) is 6.07 Å². The van der Waals surface area contributed by atoms with Crippen molar-refractivity contribution in [3.8, 4) is 11.9 Å². The quantitative estimate of drug-likeness (QED) is 0.856. The predicted octanol–water partition coefficient (Wildman–Crippen LogP) is 1.57. The van der Waals surface area contributed by atoms with Gasteiger partial charge in [0.15, 0.2) is 0 Å². The highest BCUT2D eigenvalue weighted by atomic mass is 16.5. The summed E-state index contributed by atoms with van der Waals surface area (Å²) in [5, 5.41) is 12.5. The van der Waals surface area contributed by atoms with Crippen molar-refractivity contribution in [3.05, 3.63) is 22.9 Å². The molecule has 2 aliphatic rings. The Bertz CT molecular complexity index is 487. The zero-order valence-corrected chi connectivity index (χ0v) is 10.4. The zero-order chi connectivity index (χ0) is 12.4. The summed E-state index contributed by atoms with van der Waals surface area (Å²) < 4.78 is 5.91. The number of fused-ring (bicyclic) bond motifs is 1. The molecular weight excluding hydrogens is 226 g/mol. The first-order valence-electron chi connectivity index (χ1n) is 6.67. The van der Waals surface area contributed by atoms with Crippen molar-refractivity contribution in [2.45, 2.75) is 38.2 Å². The van der Waals surface area contributed by atoms with E-state index < -0.39 is 0 Å². The smallest absolute Gasteiger partial charge is 0.232 e. The molecule has 1 atom stereocenters. The number of nitrogens with one attached hydrogen (secondary N) is 1. The molecule has 4 heteroatoms. The Hall–Kier alpha value is -1.60. The van der Waals surface area contributed by atoms with Crippen molar-refractivity contribution in [2.24, 2.45) is 0 Å². The van der Waals surface area contributed by atoms with E-state index in [2.05, 4.69) is 16.4 Å². The number of aryl methyl sites for hydroxylation is 2. The Balaban J connectivity index is 1.84. The van der Waals surface area contributed by atoms with Gasteiger partial charge in [0, 0.05) is 12.2 Å². The second-order valence-electron chi connectivity index (χ2n) is 5.00. The van der Waals surface area contributed by atoms with Gasteiger partial charge in [-0.1, -0.05) is 0 Å². The maximum absolute atomic E-state index is 9.19. The van der Waals surface area contributed by atoms with Crippen LogP contribution in [0.5, 0.6) is 5.88 Å². The number of pyridine rings is 1. The van der Waals surface area contributed by atoms with Crippen molar-refractivity contribution < 1.29 is 4.74 Å². The Kier molecular flexibility index (Phi) is 3.16. The molecule has 1 fully saturated rings. The molecule has 4 nitrogen and oxygen atoms in total. The Morgan fingerprint density at radius 1 is 1.39 bits per heavy atom. The van der Waals surface area contributed by atoms with Gasteiger partial charge in [0.25, 0.3) is 0 Å². The third-order valence-corrected chi connectivity index (χ3v) is 3.67. The van der Waals surface area contributed by atoms with Crippen LogP contribution >= 0.6 is 0 Å². The van der Waals surface area contributed by atoms with Gasteiger partial charge in [-0.05, 0) is 50.3 Å². The minimum absolute atomic E-state index is 0.151. The molecule has 0 radical (unpaired) electrons. The molecule has 1 aromatic rings. The SMILES string of the molecule is N#Cc1cc2c(nc1OC1CCCNC1)CCC2. The van der Waals surface area contributed by atoms with E-state index in [1.165, 1.54) is 5.56 Å². The van der Waals surface area contributed by atoms with Gasteiger partial charge in [-0.2, -0.15) is 5.26 Å². The summed E-state index contributed by atoms with van der Waals surface area (Å²) in [6, 6.07) is 4.17. The van der Waals surface area contributed by atoms with Gasteiger partial charge in [-0.3, -0.25) is 0 Å². The van der Waals surface area contributed by atoms with Crippen LogP contribution in [0.1, 0.15) is 36.1 Å². The van der Waals surface area contributed by atoms with Crippen LogP contribution < -0.4 is 10.1 Å². The molecule has 0 bridgehead atoms. The number of hydrogen-bond donors (Lipinski definition) is 1. The lowest BCUT2D eigenvalue weighted by Gasteiger charge is -2.24. The lowest BCUT2D eigenvalue weighted by Crippen LogP contribution is -2.37. The zero-order valence-electron chi connectivity index (χ0n) is 10.4. The molecule has 1 aromatic heterocycles. The van der Waals surface area contributed by atoms with Crippen LogP contribution in [0.15, 0.2) is 6.07 Å². The van der Waals surface area contributed by atoms with Crippen LogP contribution in [0.3, 0.4) is 0 Å².